The van der Waals surface area contributed by atoms with Gasteiger partial charge in [-0.3, -0.25) is 9.59 Å². The highest BCUT2D eigenvalue weighted by molar-refractivity contribution is 5.88. The predicted octanol–water partition coefficient (Wildman–Crippen LogP) is 3.43. The Balaban J connectivity index is 2.35. The highest BCUT2D eigenvalue weighted by atomic mass is 16.5. The SMILES string of the molecule is CCNC(=O)C(Cc1ccccc1)N(Cc1ccc(OC)cc1)C(=O)C(C)C. The number of rotatable bonds is 9. The van der Waals surface area contributed by atoms with Crippen molar-refractivity contribution in [1.29, 1.82) is 0 Å². The molecule has 0 aromatic heterocycles. The summed E-state index contributed by atoms with van der Waals surface area (Å²) in [5.41, 5.74) is 1.98. The van der Waals surface area contributed by atoms with Gasteiger partial charge >= 0.3 is 0 Å². The topological polar surface area (TPSA) is 58.6 Å². The Morgan fingerprint density at radius 1 is 1.00 bits per heavy atom. The number of carbonyl (C=O) groups is 2. The maximum atomic E-state index is 13.0. The summed E-state index contributed by atoms with van der Waals surface area (Å²) >= 11 is 0. The average molecular weight is 383 g/mol. The Bertz CT molecular complexity index is 757. The van der Waals surface area contributed by atoms with Gasteiger partial charge in [-0.2, -0.15) is 0 Å². The molecule has 0 aliphatic carbocycles. The molecular formula is C23H30N2O3. The number of benzene rings is 2. The summed E-state index contributed by atoms with van der Waals surface area (Å²) in [6.45, 7) is 6.50. The van der Waals surface area contributed by atoms with Crippen LogP contribution in [-0.4, -0.2) is 36.4 Å². The number of nitrogens with zero attached hydrogens (tertiary/aromatic N) is 1. The molecule has 2 rings (SSSR count). The van der Waals surface area contributed by atoms with Gasteiger partial charge in [0.1, 0.15) is 11.8 Å². The van der Waals surface area contributed by atoms with E-state index in [4.69, 9.17) is 4.74 Å². The van der Waals surface area contributed by atoms with Crippen LogP contribution in [-0.2, 0) is 22.6 Å². The first kappa shape index (κ1) is 21.5. The van der Waals surface area contributed by atoms with E-state index >= 15 is 0 Å². The van der Waals surface area contributed by atoms with Crippen molar-refractivity contribution in [2.24, 2.45) is 5.92 Å². The van der Waals surface area contributed by atoms with Gasteiger partial charge in [-0.1, -0.05) is 56.3 Å². The highest BCUT2D eigenvalue weighted by Gasteiger charge is 2.31. The van der Waals surface area contributed by atoms with E-state index in [-0.39, 0.29) is 17.7 Å². The lowest BCUT2D eigenvalue weighted by Crippen LogP contribution is -2.51. The molecule has 1 N–H and O–H groups in total. The minimum absolute atomic E-state index is 0.0389. The molecule has 0 radical (unpaired) electrons. The van der Waals surface area contributed by atoms with E-state index in [1.807, 2.05) is 75.4 Å². The van der Waals surface area contributed by atoms with Crippen LogP contribution in [0.5, 0.6) is 5.75 Å². The Hall–Kier alpha value is -2.82. The van der Waals surface area contributed by atoms with Crippen LogP contribution in [0.25, 0.3) is 0 Å². The van der Waals surface area contributed by atoms with Crippen LogP contribution in [0.2, 0.25) is 0 Å². The summed E-state index contributed by atoms with van der Waals surface area (Å²) in [4.78, 5) is 27.6. The third-order valence-electron chi connectivity index (χ3n) is 4.59. The Morgan fingerprint density at radius 3 is 2.18 bits per heavy atom. The van der Waals surface area contributed by atoms with Crippen molar-refractivity contribution in [1.82, 2.24) is 10.2 Å². The van der Waals surface area contributed by atoms with Crippen LogP contribution in [0.1, 0.15) is 31.9 Å². The molecule has 0 bridgehead atoms. The largest absolute Gasteiger partial charge is 0.497 e. The predicted molar refractivity (Wildman–Crippen MR) is 111 cm³/mol. The van der Waals surface area contributed by atoms with Crippen molar-refractivity contribution in [3.63, 3.8) is 0 Å². The number of nitrogens with one attached hydrogen (secondary N) is 1. The minimum atomic E-state index is -0.570. The number of methoxy groups -OCH3 is 1. The van der Waals surface area contributed by atoms with Crippen molar-refractivity contribution >= 4 is 11.8 Å². The lowest BCUT2D eigenvalue weighted by molar-refractivity contribution is -0.143. The van der Waals surface area contributed by atoms with Crippen LogP contribution < -0.4 is 10.1 Å². The van der Waals surface area contributed by atoms with Crippen LogP contribution in [0.3, 0.4) is 0 Å². The third-order valence-corrected chi connectivity index (χ3v) is 4.59. The van der Waals surface area contributed by atoms with E-state index in [1.54, 1.807) is 12.0 Å². The van der Waals surface area contributed by atoms with E-state index in [9.17, 15) is 9.59 Å². The molecule has 2 aromatic rings. The first-order valence-electron chi connectivity index (χ1n) is 9.71. The van der Waals surface area contributed by atoms with E-state index in [0.29, 0.717) is 19.5 Å². The maximum Gasteiger partial charge on any atom is 0.243 e. The number of amides is 2. The zero-order valence-electron chi connectivity index (χ0n) is 17.1. The van der Waals surface area contributed by atoms with E-state index < -0.39 is 6.04 Å². The fraction of sp³-hybridized carbons (Fsp3) is 0.391. The molecular weight excluding hydrogens is 352 g/mol. The van der Waals surface area contributed by atoms with Crippen molar-refractivity contribution in [2.45, 2.75) is 39.8 Å². The van der Waals surface area contributed by atoms with Gasteiger partial charge in [0.15, 0.2) is 0 Å². The molecule has 0 aliphatic heterocycles. The number of carbonyl (C=O) groups excluding carboxylic acids is 2. The molecule has 28 heavy (non-hydrogen) atoms. The van der Waals surface area contributed by atoms with Crippen LogP contribution >= 0.6 is 0 Å². The standard InChI is InChI=1S/C23H30N2O3/c1-5-24-22(26)21(15-18-9-7-6-8-10-18)25(23(27)17(2)3)16-19-11-13-20(28-4)14-12-19/h6-14,17,21H,5,15-16H2,1-4H3,(H,24,26). The molecule has 150 valence electrons. The van der Waals surface area contributed by atoms with Gasteiger partial charge < -0.3 is 15.0 Å². The summed E-state index contributed by atoms with van der Waals surface area (Å²) in [5.74, 6) is 0.387. The van der Waals surface area contributed by atoms with Crippen LogP contribution in [0.4, 0.5) is 0 Å². The number of hydrogen-bond acceptors (Lipinski definition) is 3. The van der Waals surface area contributed by atoms with Crippen molar-refractivity contribution < 1.29 is 14.3 Å². The van der Waals surface area contributed by atoms with Crippen molar-refractivity contribution in [2.75, 3.05) is 13.7 Å². The molecule has 2 amide bonds. The van der Waals surface area contributed by atoms with E-state index in [0.717, 1.165) is 16.9 Å². The summed E-state index contributed by atoms with van der Waals surface area (Å²) < 4.78 is 5.21. The first-order valence-corrected chi connectivity index (χ1v) is 9.71. The fourth-order valence-corrected chi connectivity index (χ4v) is 3.07. The molecule has 5 heteroatoms. The molecule has 0 saturated carbocycles. The lowest BCUT2D eigenvalue weighted by Gasteiger charge is -2.32. The summed E-state index contributed by atoms with van der Waals surface area (Å²) in [7, 11) is 1.62. The number of hydrogen-bond donors (Lipinski definition) is 1. The molecule has 0 heterocycles. The van der Waals surface area contributed by atoms with Gasteiger partial charge in [0.2, 0.25) is 11.8 Å². The Kier molecular flexibility index (Phi) is 8.05. The summed E-state index contributed by atoms with van der Waals surface area (Å²) in [5, 5.41) is 2.89. The fourth-order valence-electron chi connectivity index (χ4n) is 3.07. The quantitative estimate of drug-likeness (QED) is 0.723. The monoisotopic (exact) mass is 382 g/mol. The number of likely N-dealkylation sites (N-methyl/N-ethyl adjacent to an activating group) is 1. The van der Waals surface area contributed by atoms with Crippen molar-refractivity contribution in [3.05, 3.63) is 65.7 Å². The average Bonchev–Trinajstić information content (AvgIpc) is 2.71. The third kappa shape index (κ3) is 5.84. The zero-order valence-corrected chi connectivity index (χ0v) is 17.1. The normalized spacial score (nSPS) is 11.8. The Morgan fingerprint density at radius 2 is 1.64 bits per heavy atom. The number of ether oxygens (including phenoxy) is 1. The van der Waals surface area contributed by atoms with Gasteiger partial charge in [0.05, 0.1) is 7.11 Å². The van der Waals surface area contributed by atoms with Gasteiger partial charge in [-0.15, -0.1) is 0 Å². The lowest BCUT2D eigenvalue weighted by atomic mass is 10.0. The van der Waals surface area contributed by atoms with Gasteiger partial charge in [-0.05, 0) is 30.2 Å². The summed E-state index contributed by atoms with van der Waals surface area (Å²) in [6, 6.07) is 16.8. The van der Waals surface area contributed by atoms with Crippen molar-refractivity contribution in [3.8, 4) is 5.75 Å². The highest BCUT2D eigenvalue weighted by Crippen LogP contribution is 2.19. The molecule has 5 nitrogen and oxygen atoms in total. The first-order chi connectivity index (χ1) is 13.5. The van der Waals surface area contributed by atoms with E-state index in [1.165, 1.54) is 0 Å². The van der Waals surface area contributed by atoms with Gasteiger partial charge in [0, 0.05) is 25.4 Å². The molecule has 1 unspecified atom stereocenters. The van der Waals surface area contributed by atoms with Crippen LogP contribution in [0.15, 0.2) is 54.6 Å². The molecule has 0 aliphatic rings. The zero-order chi connectivity index (χ0) is 20.5. The minimum Gasteiger partial charge on any atom is -0.497 e. The molecule has 0 fully saturated rings. The molecule has 0 saturated heterocycles. The molecule has 0 spiro atoms. The van der Waals surface area contributed by atoms with Gasteiger partial charge in [-0.25, -0.2) is 0 Å². The Labute approximate surface area is 167 Å². The van der Waals surface area contributed by atoms with E-state index in [2.05, 4.69) is 5.32 Å². The van der Waals surface area contributed by atoms with Crippen LogP contribution in [0, 0.1) is 5.92 Å². The van der Waals surface area contributed by atoms with Gasteiger partial charge in [0.25, 0.3) is 0 Å². The second-order valence-corrected chi connectivity index (χ2v) is 7.07. The maximum absolute atomic E-state index is 13.0. The second kappa shape index (κ2) is 10.5. The molecule has 2 aromatic carbocycles. The molecule has 1 atom stereocenters. The second-order valence-electron chi connectivity index (χ2n) is 7.07. The smallest absolute Gasteiger partial charge is 0.243 e. The summed E-state index contributed by atoms with van der Waals surface area (Å²) in [6.07, 6.45) is 0.474.